The summed E-state index contributed by atoms with van der Waals surface area (Å²) in [5.41, 5.74) is 17.6. The van der Waals surface area contributed by atoms with Gasteiger partial charge in [-0.1, -0.05) is 20.4 Å². The summed E-state index contributed by atoms with van der Waals surface area (Å²) in [6.45, 7) is 12.2. The lowest BCUT2D eigenvalue weighted by Crippen LogP contribution is -2.43. The molecule has 0 aromatic heterocycles. The standard InChI is InChI=1S/C23H45N6O8P/c1-8-35-22(28-16(6)25)20(15(5)24)27-11-10-18(30)21(31)19(34-7)13-37-38(26,33)29-17(12-14(3)4)23(32)36-9-2/h11,14,17-19,21,30-31H,6,8-10,12-13,24-25H2,1-5,7H3,(H3,26,29,33)/b20-15-,27-11?,28-22?. The van der Waals surface area contributed by atoms with Crippen LogP contribution < -0.4 is 22.1 Å². The number of esters is 1. The van der Waals surface area contributed by atoms with Gasteiger partial charge >= 0.3 is 13.6 Å². The van der Waals surface area contributed by atoms with Gasteiger partial charge in [0.1, 0.15) is 29.8 Å². The van der Waals surface area contributed by atoms with Gasteiger partial charge in [-0.3, -0.25) is 14.4 Å². The molecule has 0 aromatic carbocycles. The average Bonchev–Trinajstić information content (AvgIpc) is 2.80. The van der Waals surface area contributed by atoms with Crippen LogP contribution in [0.1, 0.15) is 47.5 Å². The number of hydrogen-bond acceptors (Lipinski definition) is 12. The van der Waals surface area contributed by atoms with Gasteiger partial charge in [0, 0.05) is 25.4 Å². The molecule has 0 saturated carbocycles. The molecule has 15 heteroatoms. The molecule has 0 aliphatic carbocycles. The number of ether oxygens (including phenoxy) is 3. The number of aliphatic hydroxyl groups excluding tert-OH is 2. The molecule has 5 atom stereocenters. The molecule has 0 saturated heterocycles. The number of nitrogens with zero attached hydrogens (tertiary/aromatic N) is 2. The van der Waals surface area contributed by atoms with Gasteiger partial charge in [-0.25, -0.2) is 10.6 Å². The van der Waals surface area contributed by atoms with E-state index >= 15 is 0 Å². The summed E-state index contributed by atoms with van der Waals surface area (Å²) >= 11 is 0. The van der Waals surface area contributed by atoms with Crippen LogP contribution in [0.25, 0.3) is 0 Å². The van der Waals surface area contributed by atoms with Gasteiger partial charge in [-0.05, 0) is 33.1 Å². The summed E-state index contributed by atoms with van der Waals surface area (Å²) in [5.74, 6) is -0.488. The second kappa shape index (κ2) is 18.1. The molecule has 0 aliphatic rings. The number of hydrogen-bond donors (Lipinski definition) is 6. The van der Waals surface area contributed by atoms with Gasteiger partial charge in [-0.2, -0.15) is 4.99 Å². The predicted molar refractivity (Wildman–Crippen MR) is 146 cm³/mol. The first kappa shape index (κ1) is 35.7. The minimum atomic E-state index is -4.01. The van der Waals surface area contributed by atoms with E-state index in [0.29, 0.717) is 6.42 Å². The zero-order chi connectivity index (χ0) is 29.5. The first-order valence-corrected chi connectivity index (χ1v) is 13.9. The van der Waals surface area contributed by atoms with E-state index in [4.69, 9.17) is 35.7 Å². The Bertz CT molecular complexity index is 891. The maximum absolute atomic E-state index is 12.8. The van der Waals surface area contributed by atoms with Crippen molar-refractivity contribution in [3.8, 4) is 0 Å². The molecule has 0 aromatic rings. The fraction of sp³-hybridized carbons (Fsp3) is 0.696. The molecule has 0 aliphatic heterocycles. The number of nitrogens with one attached hydrogen (secondary N) is 1. The smallest absolute Gasteiger partial charge is 0.338 e. The molecule has 5 unspecified atom stereocenters. The van der Waals surface area contributed by atoms with Gasteiger partial charge in [0.15, 0.2) is 0 Å². The van der Waals surface area contributed by atoms with E-state index in [1.165, 1.54) is 13.3 Å². The summed E-state index contributed by atoms with van der Waals surface area (Å²) in [4.78, 5) is 20.4. The zero-order valence-electron chi connectivity index (χ0n) is 23.1. The van der Waals surface area contributed by atoms with E-state index in [1.807, 2.05) is 13.8 Å². The molecular weight excluding hydrogens is 519 g/mol. The molecule has 0 spiro atoms. The Labute approximate surface area is 224 Å². The van der Waals surface area contributed by atoms with E-state index in [2.05, 4.69) is 21.7 Å². The largest absolute Gasteiger partial charge is 0.476 e. The van der Waals surface area contributed by atoms with Gasteiger partial charge in [-0.15, -0.1) is 0 Å². The topological polar surface area (TPSA) is 226 Å². The Morgan fingerprint density at radius 1 is 1.18 bits per heavy atom. The molecule has 0 rings (SSSR count). The lowest BCUT2D eigenvalue weighted by Gasteiger charge is -2.27. The van der Waals surface area contributed by atoms with Crippen LogP contribution in [0.3, 0.4) is 0 Å². The van der Waals surface area contributed by atoms with Crippen LogP contribution >= 0.6 is 7.67 Å². The van der Waals surface area contributed by atoms with E-state index < -0.39 is 44.6 Å². The molecule has 0 heterocycles. The number of carbonyl (C=O) groups is 1. The van der Waals surface area contributed by atoms with E-state index in [9.17, 15) is 19.6 Å². The van der Waals surface area contributed by atoms with Gasteiger partial charge < -0.3 is 40.4 Å². The second-order valence-electron chi connectivity index (χ2n) is 8.71. The molecule has 14 nitrogen and oxygen atoms in total. The lowest BCUT2D eigenvalue weighted by molar-refractivity contribution is -0.145. The highest BCUT2D eigenvalue weighted by molar-refractivity contribution is 7.54. The fourth-order valence-corrected chi connectivity index (χ4v) is 4.13. The van der Waals surface area contributed by atoms with Gasteiger partial charge in [0.25, 0.3) is 0 Å². The van der Waals surface area contributed by atoms with Crippen LogP contribution in [-0.4, -0.2) is 79.6 Å². The molecule has 220 valence electrons. The molecule has 0 bridgehead atoms. The maximum Gasteiger partial charge on any atom is 0.338 e. The summed E-state index contributed by atoms with van der Waals surface area (Å²) < 4.78 is 33.7. The average molecular weight is 565 g/mol. The third kappa shape index (κ3) is 14.0. The van der Waals surface area contributed by atoms with Crippen LogP contribution in [0.4, 0.5) is 0 Å². The molecule has 0 radical (unpaired) electrons. The van der Waals surface area contributed by atoms with E-state index in [1.54, 1.807) is 20.8 Å². The van der Waals surface area contributed by atoms with Crippen molar-refractivity contribution in [2.24, 2.45) is 32.9 Å². The van der Waals surface area contributed by atoms with Crippen LogP contribution in [0, 0.1) is 5.92 Å². The van der Waals surface area contributed by atoms with E-state index in [-0.39, 0.29) is 48.7 Å². The fourth-order valence-electron chi connectivity index (χ4n) is 3.05. The highest BCUT2D eigenvalue weighted by Crippen LogP contribution is 2.35. The van der Waals surface area contributed by atoms with Crippen molar-refractivity contribution in [3.05, 3.63) is 23.8 Å². The van der Waals surface area contributed by atoms with Crippen LogP contribution in [0.15, 0.2) is 33.8 Å². The lowest BCUT2D eigenvalue weighted by atomic mass is 10.1. The number of rotatable bonds is 18. The van der Waals surface area contributed by atoms with Crippen LogP contribution in [-0.2, 0) is 28.1 Å². The number of nitrogens with two attached hydrogens (primary N) is 3. The third-order valence-electron chi connectivity index (χ3n) is 4.79. The van der Waals surface area contributed by atoms with Gasteiger partial charge in [0.05, 0.1) is 25.9 Å². The number of methoxy groups -OCH3 is 1. The summed E-state index contributed by atoms with van der Waals surface area (Å²) in [6, 6.07) is -0.951. The number of allylic oxidation sites excluding steroid dienone is 1. The van der Waals surface area contributed by atoms with Gasteiger partial charge in [0.2, 0.25) is 5.90 Å². The Morgan fingerprint density at radius 3 is 2.26 bits per heavy atom. The quantitative estimate of drug-likeness (QED) is 0.0590. The Kier molecular flexibility index (Phi) is 17.0. The monoisotopic (exact) mass is 564 g/mol. The Balaban J connectivity index is 5.31. The molecular formula is C23H45N6O8P. The van der Waals surface area contributed by atoms with E-state index in [0.717, 1.165) is 0 Å². The molecule has 9 N–H and O–H groups in total. The number of carbonyl (C=O) groups excluding carboxylic acids is 1. The first-order valence-electron chi connectivity index (χ1n) is 12.2. The zero-order valence-corrected chi connectivity index (χ0v) is 24.0. The first-order chi connectivity index (χ1) is 17.7. The van der Waals surface area contributed by atoms with Crippen molar-refractivity contribution >= 4 is 25.8 Å². The molecule has 0 amide bonds. The van der Waals surface area contributed by atoms with Crippen molar-refractivity contribution < 1.29 is 38.3 Å². The Hall–Kier alpha value is -2.32. The summed E-state index contributed by atoms with van der Waals surface area (Å²) in [5, 5.41) is 23.5. The van der Waals surface area contributed by atoms with Crippen LogP contribution in [0.2, 0.25) is 0 Å². The summed E-state index contributed by atoms with van der Waals surface area (Å²) in [7, 11) is -2.73. The van der Waals surface area contributed by atoms with Crippen molar-refractivity contribution in [3.63, 3.8) is 0 Å². The Morgan fingerprint density at radius 2 is 1.79 bits per heavy atom. The summed E-state index contributed by atoms with van der Waals surface area (Å²) in [6.07, 6.45) is -2.45. The third-order valence-corrected chi connectivity index (χ3v) is 6.00. The minimum absolute atomic E-state index is 0.00902. The van der Waals surface area contributed by atoms with Crippen molar-refractivity contribution in [2.45, 2.75) is 71.8 Å². The normalized spacial score (nSPS) is 17.9. The van der Waals surface area contributed by atoms with Crippen molar-refractivity contribution in [1.82, 2.24) is 5.09 Å². The molecule has 38 heavy (non-hydrogen) atoms. The highest BCUT2D eigenvalue weighted by Gasteiger charge is 2.32. The highest BCUT2D eigenvalue weighted by atomic mass is 31.2. The number of aliphatic hydroxyl groups is 2. The maximum atomic E-state index is 12.8. The SMILES string of the molecule is C=C(N)N=C(OCC)/C(N=CCC(O)C(O)C(COP(N)(=O)NC(CC(C)C)C(=O)OCC)OC)=C(\C)N. The predicted octanol–water partition coefficient (Wildman–Crippen LogP) is 0.890. The van der Waals surface area contributed by atoms with Crippen molar-refractivity contribution in [2.75, 3.05) is 26.9 Å². The second-order valence-corrected chi connectivity index (χ2v) is 10.4. The van der Waals surface area contributed by atoms with Crippen molar-refractivity contribution in [1.29, 1.82) is 0 Å². The van der Waals surface area contributed by atoms with Crippen LogP contribution in [0.5, 0.6) is 0 Å². The number of aliphatic imine (C=N–C) groups is 2. The minimum Gasteiger partial charge on any atom is -0.476 e. The molecule has 0 fully saturated rings.